The molecule has 0 bridgehead atoms. The van der Waals surface area contributed by atoms with Crippen molar-refractivity contribution in [3.63, 3.8) is 0 Å². The Bertz CT molecular complexity index is 435. The molecule has 0 fully saturated rings. The lowest BCUT2D eigenvalue weighted by molar-refractivity contribution is -0.129. The highest BCUT2D eigenvalue weighted by Gasteiger charge is 2.36. The standard InChI is InChI=1S/C20H34FNO4/c1-2-3-13-24-15-17-26-18-16-25-14-9-12-22-19(23)20(21)10-7-5-4-6-8-11-20/h2-7,9-10,12-18H2,1H3,(H,22,23). The van der Waals surface area contributed by atoms with E-state index in [4.69, 9.17) is 14.2 Å². The molecule has 1 aliphatic rings. The normalized spacial score (nSPS) is 19.9. The third-order valence-corrected chi connectivity index (χ3v) is 4.11. The molecule has 0 aliphatic heterocycles. The van der Waals surface area contributed by atoms with Crippen LogP contribution in [0.5, 0.6) is 0 Å². The molecule has 1 rings (SSSR count). The van der Waals surface area contributed by atoms with Gasteiger partial charge in [-0.15, -0.1) is 0 Å². The molecule has 0 heterocycles. The van der Waals surface area contributed by atoms with Gasteiger partial charge in [-0.05, 0) is 25.7 Å². The van der Waals surface area contributed by atoms with Crippen LogP contribution in [0.4, 0.5) is 4.39 Å². The molecule has 6 heteroatoms. The summed E-state index contributed by atoms with van der Waals surface area (Å²) in [6.07, 6.45) is 6.30. The monoisotopic (exact) mass is 371 g/mol. The van der Waals surface area contributed by atoms with Crippen molar-refractivity contribution >= 4 is 5.91 Å². The number of carbonyl (C=O) groups is 1. The third-order valence-electron chi connectivity index (χ3n) is 4.11. The van der Waals surface area contributed by atoms with Crippen molar-refractivity contribution < 1.29 is 23.4 Å². The maximum absolute atomic E-state index is 14.6. The summed E-state index contributed by atoms with van der Waals surface area (Å²) in [7, 11) is 0. The summed E-state index contributed by atoms with van der Waals surface area (Å²) in [6, 6.07) is 0. The molecule has 0 saturated carbocycles. The topological polar surface area (TPSA) is 56.8 Å². The fourth-order valence-electron chi connectivity index (χ4n) is 2.50. The Kier molecular flexibility index (Phi) is 13.2. The van der Waals surface area contributed by atoms with Crippen molar-refractivity contribution in [1.29, 1.82) is 0 Å². The van der Waals surface area contributed by atoms with Gasteiger partial charge in [-0.3, -0.25) is 4.79 Å². The second-order valence-electron chi connectivity index (χ2n) is 6.46. The number of carbonyl (C=O) groups excluding carboxylic acids is 1. The Balaban J connectivity index is 1.96. The smallest absolute Gasteiger partial charge is 0.270 e. The van der Waals surface area contributed by atoms with Crippen LogP contribution in [0.2, 0.25) is 0 Å². The summed E-state index contributed by atoms with van der Waals surface area (Å²) in [6.45, 7) is 6.01. The van der Waals surface area contributed by atoms with E-state index in [9.17, 15) is 9.18 Å². The lowest BCUT2D eigenvalue weighted by atomic mass is 9.94. The zero-order valence-corrected chi connectivity index (χ0v) is 16.1. The van der Waals surface area contributed by atoms with E-state index in [1.807, 2.05) is 0 Å². The average Bonchev–Trinajstić information content (AvgIpc) is 2.62. The van der Waals surface area contributed by atoms with Crippen molar-refractivity contribution in [1.82, 2.24) is 5.32 Å². The van der Waals surface area contributed by atoms with E-state index < -0.39 is 11.6 Å². The lowest BCUT2D eigenvalue weighted by Gasteiger charge is -2.20. The maximum Gasteiger partial charge on any atom is 0.270 e. The van der Waals surface area contributed by atoms with Crippen molar-refractivity contribution in [3.8, 4) is 11.8 Å². The first-order valence-corrected chi connectivity index (χ1v) is 9.89. The summed E-state index contributed by atoms with van der Waals surface area (Å²) >= 11 is 0. The molecule has 1 N–H and O–H groups in total. The number of unbranched alkanes of at least 4 members (excludes halogenated alkanes) is 1. The molecule has 0 saturated heterocycles. The van der Waals surface area contributed by atoms with Gasteiger partial charge < -0.3 is 19.5 Å². The molecule has 150 valence electrons. The van der Waals surface area contributed by atoms with Crippen LogP contribution >= 0.6 is 0 Å². The van der Waals surface area contributed by atoms with Gasteiger partial charge in [0.05, 0.1) is 26.4 Å². The zero-order valence-electron chi connectivity index (χ0n) is 16.1. The van der Waals surface area contributed by atoms with Gasteiger partial charge in [0.1, 0.15) is 0 Å². The molecule has 0 spiro atoms. The molecule has 1 atom stereocenters. The van der Waals surface area contributed by atoms with Gasteiger partial charge in [-0.1, -0.05) is 31.6 Å². The SMILES string of the molecule is CCCCOCCOCCOCCCNC(=O)C1(F)C#CCCCCC1. The molecular weight excluding hydrogens is 337 g/mol. The zero-order chi connectivity index (χ0) is 18.9. The molecule has 0 aromatic rings. The van der Waals surface area contributed by atoms with Crippen LogP contribution in [-0.2, 0) is 19.0 Å². The van der Waals surface area contributed by atoms with Crippen LogP contribution in [0.3, 0.4) is 0 Å². The van der Waals surface area contributed by atoms with Crippen LogP contribution in [0.15, 0.2) is 0 Å². The Hall–Kier alpha value is -1.16. The average molecular weight is 371 g/mol. The van der Waals surface area contributed by atoms with Crippen LogP contribution in [0, 0.1) is 11.8 Å². The largest absolute Gasteiger partial charge is 0.379 e. The lowest BCUT2D eigenvalue weighted by Crippen LogP contribution is -2.43. The van der Waals surface area contributed by atoms with Crippen molar-refractivity contribution in [2.45, 2.75) is 64.0 Å². The van der Waals surface area contributed by atoms with E-state index in [2.05, 4.69) is 24.1 Å². The van der Waals surface area contributed by atoms with Crippen LogP contribution in [-0.4, -0.2) is 57.8 Å². The van der Waals surface area contributed by atoms with Crippen molar-refractivity contribution in [3.05, 3.63) is 0 Å². The number of hydrogen-bond donors (Lipinski definition) is 1. The van der Waals surface area contributed by atoms with Crippen molar-refractivity contribution in [2.75, 3.05) is 46.2 Å². The van der Waals surface area contributed by atoms with Gasteiger partial charge in [0, 0.05) is 32.6 Å². The predicted molar refractivity (Wildman–Crippen MR) is 99.7 cm³/mol. The first kappa shape index (κ1) is 22.9. The summed E-state index contributed by atoms with van der Waals surface area (Å²) < 4.78 is 30.8. The van der Waals surface area contributed by atoms with Crippen LogP contribution in [0.1, 0.15) is 58.3 Å². The molecule has 1 amide bonds. The highest BCUT2D eigenvalue weighted by atomic mass is 19.1. The fourth-order valence-corrected chi connectivity index (χ4v) is 2.50. The summed E-state index contributed by atoms with van der Waals surface area (Å²) in [5.41, 5.74) is -2.03. The number of ether oxygens (including phenoxy) is 3. The molecule has 0 aromatic heterocycles. The molecular formula is C20H34FNO4. The first-order valence-electron chi connectivity index (χ1n) is 9.89. The summed E-state index contributed by atoms with van der Waals surface area (Å²) in [4.78, 5) is 12.0. The summed E-state index contributed by atoms with van der Waals surface area (Å²) in [5, 5.41) is 2.63. The van der Waals surface area contributed by atoms with Gasteiger partial charge in [-0.2, -0.15) is 0 Å². The highest BCUT2D eigenvalue weighted by Crippen LogP contribution is 2.22. The quantitative estimate of drug-likeness (QED) is 0.377. The van der Waals surface area contributed by atoms with Gasteiger partial charge in [0.2, 0.25) is 5.67 Å². The molecule has 5 nitrogen and oxygen atoms in total. The minimum absolute atomic E-state index is 0.182. The van der Waals surface area contributed by atoms with Gasteiger partial charge in [-0.25, -0.2) is 4.39 Å². The van der Waals surface area contributed by atoms with E-state index in [0.29, 0.717) is 58.8 Å². The number of nitrogens with one attached hydrogen (secondary N) is 1. The van der Waals surface area contributed by atoms with E-state index in [1.165, 1.54) is 0 Å². The van der Waals surface area contributed by atoms with Crippen LogP contribution in [0.25, 0.3) is 0 Å². The third kappa shape index (κ3) is 10.7. The molecule has 26 heavy (non-hydrogen) atoms. The maximum atomic E-state index is 14.6. The summed E-state index contributed by atoms with van der Waals surface area (Å²) in [5.74, 6) is 4.67. The Labute approximate surface area is 157 Å². The minimum atomic E-state index is -2.03. The minimum Gasteiger partial charge on any atom is -0.379 e. The van der Waals surface area contributed by atoms with E-state index in [0.717, 1.165) is 32.3 Å². The second-order valence-corrected chi connectivity index (χ2v) is 6.46. The number of halogens is 1. The highest BCUT2D eigenvalue weighted by molar-refractivity contribution is 5.88. The van der Waals surface area contributed by atoms with E-state index in [-0.39, 0.29) is 6.42 Å². The number of amides is 1. The van der Waals surface area contributed by atoms with E-state index in [1.54, 1.807) is 0 Å². The van der Waals surface area contributed by atoms with Gasteiger partial charge in [0.25, 0.3) is 5.91 Å². The molecule has 0 aromatic carbocycles. The van der Waals surface area contributed by atoms with Crippen LogP contribution < -0.4 is 5.32 Å². The molecule has 0 radical (unpaired) electrons. The molecule has 1 aliphatic carbocycles. The number of hydrogen-bond acceptors (Lipinski definition) is 4. The van der Waals surface area contributed by atoms with Crippen molar-refractivity contribution in [2.24, 2.45) is 0 Å². The Morgan fingerprint density at radius 1 is 1.00 bits per heavy atom. The Morgan fingerprint density at radius 2 is 1.65 bits per heavy atom. The second kappa shape index (κ2) is 15.0. The first-order chi connectivity index (χ1) is 12.7. The number of alkyl halides is 1. The Morgan fingerprint density at radius 3 is 2.35 bits per heavy atom. The number of rotatable bonds is 14. The fraction of sp³-hybridized carbons (Fsp3) is 0.850. The predicted octanol–water partition coefficient (Wildman–Crippen LogP) is 3.02. The van der Waals surface area contributed by atoms with Gasteiger partial charge in [0.15, 0.2) is 0 Å². The van der Waals surface area contributed by atoms with Gasteiger partial charge >= 0.3 is 0 Å². The van der Waals surface area contributed by atoms with E-state index >= 15 is 0 Å². The molecule has 1 unspecified atom stereocenters.